The lowest BCUT2D eigenvalue weighted by Gasteiger charge is -2.19. The minimum Gasteiger partial charge on any atom is -0.369 e. The summed E-state index contributed by atoms with van der Waals surface area (Å²) >= 11 is 0. The molecule has 4 aromatic rings. The van der Waals surface area contributed by atoms with E-state index in [2.05, 4.69) is 30.2 Å². The first-order valence-electron chi connectivity index (χ1n) is 7.99. The van der Waals surface area contributed by atoms with Crippen molar-refractivity contribution < 1.29 is 5.11 Å². The van der Waals surface area contributed by atoms with E-state index in [4.69, 9.17) is 6.42 Å². The van der Waals surface area contributed by atoms with Crippen molar-refractivity contribution in [2.75, 3.05) is 0 Å². The second-order valence-corrected chi connectivity index (χ2v) is 6.27. The molecule has 0 amide bonds. The summed E-state index contributed by atoms with van der Waals surface area (Å²) in [6.07, 6.45) is 5.79. The number of hydrogen-bond donors (Lipinski definition) is 1. The molecular weight excluding hydrogens is 292 g/mol. The van der Waals surface area contributed by atoms with Crippen molar-refractivity contribution in [3.63, 3.8) is 0 Å². The Bertz CT molecular complexity index is 1090. The van der Waals surface area contributed by atoms with E-state index in [1.165, 1.54) is 0 Å². The van der Waals surface area contributed by atoms with Crippen LogP contribution in [0.4, 0.5) is 0 Å². The largest absolute Gasteiger partial charge is 0.369 e. The van der Waals surface area contributed by atoms with Gasteiger partial charge in [-0.15, -0.1) is 6.42 Å². The van der Waals surface area contributed by atoms with Gasteiger partial charge >= 0.3 is 0 Å². The molecule has 4 aromatic carbocycles. The Kier molecular flexibility index (Phi) is 2.49. The van der Waals surface area contributed by atoms with E-state index < -0.39 is 5.60 Å². The summed E-state index contributed by atoms with van der Waals surface area (Å²) in [6, 6.07) is 24.5. The van der Waals surface area contributed by atoms with Crippen LogP contribution < -0.4 is 0 Å². The smallest absolute Gasteiger partial charge is 0.177 e. The van der Waals surface area contributed by atoms with Crippen LogP contribution in [0.2, 0.25) is 0 Å². The van der Waals surface area contributed by atoms with Gasteiger partial charge in [0, 0.05) is 11.1 Å². The zero-order valence-electron chi connectivity index (χ0n) is 13.0. The van der Waals surface area contributed by atoms with E-state index >= 15 is 0 Å². The molecule has 0 saturated heterocycles. The third kappa shape index (κ3) is 1.49. The summed E-state index contributed by atoms with van der Waals surface area (Å²) in [5, 5.41) is 15.8. The lowest BCUT2D eigenvalue weighted by Crippen LogP contribution is -2.21. The molecule has 0 bridgehead atoms. The van der Waals surface area contributed by atoms with Crippen LogP contribution in [-0.2, 0) is 5.60 Å². The maximum absolute atomic E-state index is 11.3. The molecule has 0 heterocycles. The molecule has 0 atom stereocenters. The molecule has 1 N–H and O–H groups in total. The maximum Gasteiger partial charge on any atom is 0.177 e. The fourth-order valence-corrected chi connectivity index (χ4v) is 3.99. The molecule has 5 rings (SSSR count). The predicted octanol–water partition coefficient (Wildman–Crippen LogP) is 4.84. The first-order valence-corrected chi connectivity index (χ1v) is 7.99. The molecule has 0 spiro atoms. The molecule has 0 aliphatic heterocycles. The summed E-state index contributed by atoms with van der Waals surface area (Å²) in [5.41, 5.74) is 2.34. The Balaban J connectivity index is 2.07. The first-order chi connectivity index (χ1) is 11.7. The van der Waals surface area contributed by atoms with Gasteiger partial charge in [0.15, 0.2) is 5.60 Å². The summed E-state index contributed by atoms with van der Waals surface area (Å²) < 4.78 is 0. The van der Waals surface area contributed by atoms with Gasteiger partial charge in [0.25, 0.3) is 0 Å². The van der Waals surface area contributed by atoms with Crippen LogP contribution in [0.3, 0.4) is 0 Å². The van der Waals surface area contributed by atoms with Gasteiger partial charge in [-0.05, 0) is 32.7 Å². The van der Waals surface area contributed by atoms with Crippen LogP contribution in [-0.4, -0.2) is 5.11 Å². The average molecular weight is 306 g/mol. The van der Waals surface area contributed by atoms with E-state index in [9.17, 15) is 5.11 Å². The second-order valence-electron chi connectivity index (χ2n) is 6.27. The van der Waals surface area contributed by atoms with Gasteiger partial charge in [-0.25, -0.2) is 0 Å². The Morgan fingerprint density at radius 1 is 0.667 bits per heavy atom. The van der Waals surface area contributed by atoms with Gasteiger partial charge in [-0.1, -0.05) is 78.7 Å². The number of terminal acetylenes is 1. The van der Waals surface area contributed by atoms with Gasteiger partial charge in [0.2, 0.25) is 0 Å². The zero-order valence-corrected chi connectivity index (χ0v) is 13.0. The van der Waals surface area contributed by atoms with E-state index in [1.54, 1.807) is 0 Å². The highest BCUT2D eigenvalue weighted by Gasteiger charge is 2.41. The average Bonchev–Trinajstić information content (AvgIpc) is 2.92. The third-order valence-corrected chi connectivity index (χ3v) is 5.10. The van der Waals surface area contributed by atoms with Crippen LogP contribution in [0.5, 0.6) is 0 Å². The quantitative estimate of drug-likeness (QED) is 0.461. The monoisotopic (exact) mass is 306 g/mol. The Morgan fingerprint density at radius 2 is 1.12 bits per heavy atom. The molecule has 1 nitrogen and oxygen atoms in total. The Hall–Kier alpha value is -3.08. The lowest BCUT2D eigenvalue weighted by atomic mass is 9.91. The molecule has 0 unspecified atom stereocenters. The third-order valence-electron chi connectivity index (χ3n) is 5.10. The number of aliphatic hydroxyl groups is 1. The van der Waals surface area contributed by atoms with Crippen molar-refractivity contribution in [3.8, 4) is 23.5 Å². The van der Waals surface area contributed by atoms with E-state index in [0.29, 0.717) is 0 Å². The van der Waals surface area contributed by atoms with Crippen LogP contribution in [0.25, 0.3) is 32.7 Å². The lowest BCUT2D eigenvalue weighted by molar-refractivity contribution is 0.150. The highest BCUT2D eigenvalue weighted by Crippen LogP contribution is 2.52. The van der Waals surface area contributed by atoms with E-state index in [-0.39, 0.29) is 0 Å². The van der Waals surface area contributed by atoms with Crippen molar-refractivity contribution in [2.45, 2.75) is 5.60 Å². The molecule has 0 fully saturated rings. The van der Waals surface area contributed by atoms with Crippen molar-refractivity contribution in [1.29, 1.82) is 0 Å². The number of hydrogen-bond acceptors (Lipinski definition) is 1. The standard InChI is InChI=1S/C23H14O/c1-2-23(24)19-13-11-15-7-3-5-9-17(15)21(19)22-18-10-6-4-8-16(18)12-14-20(22)23/h1,3-14,24H. The molecule has 24 heavy (non-hydrogen) atoms. The number of rotatable bonds is 0. The van der Waals surface area contributed by atoms with Gasteiger partial charge < -0.3 is 5.11 Å². The summed E-state index contributed by atoms with van der Waals surface area (Å²) in [5.74, 6) is 2.64. The highest BCUT2D eigenvalue weighted by molar-refractivity contribution is 6.11. The molecule has 112 valence electrons. The highest BCUT2D eigenvalue weighted by atomic mass is 16.3. The zero-order chi connectivity index (χ0) is 16.3. The molecule has 0 aromatic heterocycles. The summed E-state index contributed by atoms with van der Waals surface area (Å²) in [4.78, 5) is 0. The molecular formula is C23H14O. The van der Waals surface area contributed by atoms with E-state index in [1.807, 2.05) is 48.5 Å². The van der Waals surface area contributed by atoms with Crippen molar-refractivity contribution in [2.24, 2.45) is 0 Å². The van der Waals surface area contributed by atoms with Crippen LogP contribution in [0, 0.1) is 12.3 Å². The minimum absolute atomic E-state index is 0.801. The van der Waals surface area contributed by atoms with Gasteiger partial charge in [-0.3, -0.25) is 0 Å². The maximum atomic E-state index is 11.3. The SMILES string of the molecule is C#CC1(O)c2ccc3ccccc3c2-c2c1ccc1ccccc21. The second kappa shape index (κ2) is 4.47. The van der Waals surface area contributed by atoms with Crippen molar-refractivity contribution in [3.05, 3.63) is 83.9 Å². The molecule has 0 radical (unpaired) electrons. The summed E-state index contributed by atoms with van der Waals surface area (Å²) in [7, 11) is 0. The van der Waals surface area contributed by atoms with Crippen LogP contribution >= 0.6 is 0 Å². The molecule has 1 aliphatic rings. The Morgan fingerprint density at radius 3 is 1.58 bits per heavy atom. The van der Waals surface area contributed by atoms with Gasteiger partial charge in [0.05, 0.1) is 0 Å². The number of fused-ring (bicyclic) bond motifs is 7. The normalized spacial score (nSPS) is 14.3. The van der Waals surface area contributed by atoms with Crippen LogP contribution in [0.15, 0.2) is 72.8 Å². The van der Waals surface area contributed by atoms with Crippen LogP contribution in [0.1, 0.15) is 11.1 Å². The predicted molar refractivity (Wildman–Crippen MR) is 98.7 cm³/mol. The molecule has 1 aliphatic carbocycles. The van der Waals surface area contributed by atoms with Crippen molar-refractivity contribution >= 4 is 21.5 Å². The van der Waals surface area contributed by atoms with E-state index in [0.717, 1.165) is 43.8 Å². The topological polar surface area (TPSA) is 20.2 Å². The molecule has 1 heteroatoms. The van der Waals surface area contributed by atoms with Crippen molar-refractivity contribution in [1.82, 2.24) is 0 Å². The fraction of sp³-hybridized carbons (Fsp3) is 0.0435. The number of benzene rings is 4. The minimum atomic E-state index is -1.38. The Labute approximate surface area is 140 Å². The molecule has 0 saturated carbocycles. The van der Waals surface area contributed by atoms with Gasteiger partial charge in [-0.2, -0.15) is 0 Å². The first kappa shape index (κ1) is 13.4. The fourth-order valence-electron chi connectivity index (χ4n) is 3.99. The van der Waals surface area contributed by atoms with Gasteiger partial charge in [0.1, 0.15) is 0 Å². The summed E-state index contributed by atoms with van der Waals surface area (Å²) in [6.45, 7) is 0.